The van der Waals surface area contributed by atoms with Gasteiger partial charge in [-0.2, -0.15) is 0 Å². The first-order chi connectivity index (χ1) is 6.65. The molecule has 0 aromatic heterocycles. The molecular formula is C12H13NO. The van der Waals surface area contributed by atoms with E-state index in [0.717, 1.165) is 11.1 Å². The number of hydrogen-bond donors (Lipinski definition) is 1. The second-order valence-electron chi connectivity index (χ2n) is 2.97. The molecule has 0 saturated carbocycles. The minimum absolute atomic E-state index is 0.0129. The normalized spacial score (nSPS) is 25.6. The van der Waals surface area contributed by atoms with Crippen LogP contribution in [0.25, 0.3) is 0 Å². The molecule has 0 spiro atoms. The Morgan fingerprint density at radius 1 is 1.57 bits per heavy atom. The molecule has 0 atom stereocenters. The van der Waals surface area contributed by atoms with Gasteiger partial charge in [-0.05, 0) is 23.3 Å². The Hall–Kier alpha value is -1.83. The molecule has 0 saturated heterocycles. The Balaban J connectivity index is 3.09. The Kier molecular flexibility index (Phi) is 3.24. The van der Waals surface area contributed by atoms with E-state index in [1.807, 2.05) is 12.2 Å². The highest BCUT2D eigenvalue weighted by molar-refractivity contribution is 5.93. The van der Waals surface area contributed by atoms with Gasteiger partial charge >= 0.3 is 0 Å². The van der Waals surface area contributed by atoms with Gasteiger partial charge in [0.15, 0.2) is 5.78 Å². The average molecular weight is 187 g/mol. The predicted molar refractivity (Wildman–Crippen MR) is 58.5 cm³/mol. The summed E-state index contributed by atoms with van der Waals surface area (Å²) in [5, 5.41) is 2.89. The fourth-order valence-corrected chi connectivity index (χ4v) is 1.10. The zero-order chi connectivity index (χ0) is 10.6. The van der Waals surface area contributed by atoms with Gasteiger partial charge in [0.05, 0.1) is 5.70 Å². The maximum atomic E-state index is 11.2. The highest BCUT2D eigenvalue weighted by Crippen LogP contribution is 2.14. The lowest BCUT2D eigenvalue weighted by Gasteiger charge is -2.08. The van der Waals surface area contributed by atoms with Crippen LogP contribution in [0.15, 0.2) is 60.5 Å². The number of nitrogens with one attached hydrogen (secondary N) is 1. The number of hydrogen-bond acceptors (Lipinski definition) is 2. The van der Waals surface area contributed by atoms with Crippen molar-refractivity contribution >= 4 is 5.78 Å². The zero-order valence-electron chi connectivity index (χ0n) is 8.21. The molecular weight excluding hydrogens is 174 g/mol. The highest BCUT2D eigenvalue weighted by Gasteiger charge is 2.04. The third-order valence-corrected chi connectivity index (χ3v) is 1.90. The summed E-state index contributed by atoms with van der Waals surface area (Å²) in [5.41, 5.74) is 2.24. The molecule has 2 nitrogen and oxygen atoms in total. The quantitative estimate of drug-likeness (QED) is 0.718. The minimum Gasteiger partial charge on any atom is -0.359 e. The molecule has 0 bridgehead atoms. The average Bonchev–Trinajstić information content (AvgIpc) is 2.11. The summed E-state index contributed by atoms with van der Waals surface area (Å²) >= 11 is 0. The molecule has 0 radical (unpaired) electrons. The van der Waals surface area contributed by atoms with Gasteiger partial charge in [0.25, 0.3) is 0 Å². The largest absolute Gasteiger partial charge is 0.359 e. The second kappa shape index (κ2) is 4.42. The van der Waals surface area contributed by atoms with Crippen LogP contribution in [-0.4, -0.2) is 5.78 Å². The van der Waals surface area contributed by atoms with E-state index in [2.05, 4.69) is 18.5 Å². The lowest BCUT2D eigenvalue weighted by atomic mass is 10.0. The van der Waals surface area contributed by atoms with Crippen LogP contribution in [0, 0.1) is 0 Å². The van der Waals surface area contributed by atoms with Gasteiger partial charge in [-0.1, -0.05) is 25.3 Å². The first-order valence-electron chi connectivity index (χ1n) is 4.33. The number of allylic oxidation sites excluding steroid dienone is 7. The van der Waals surface area contributed by atoms with Gasteiger partial charge in [0.2, 0.25) is 0 Å². The maximum absolute atomic E-state index is 11.2. The van der Waals surface area contributed by atoms with Crippen molar-refractivity contribution in [2.24, 2.45) is 0 Å². The highest BCUT2D eigenvalue weighted by atomic mass is 16.1. The lowest BCUT2D eigenvalue weighted by Crippen LogP contribution is -2.13. The minimum atomic E-state index is -0.0129. The fraction of sp³-hybridized carbons (Fsp3) is 0.0833. The van der Waals surface area contributed by atoms with Crippen LogP contribution in [0.1, 0.15) is 6.92 Å². The van der Waals surface area contributed by atoms with Crippen molar-refractivity contribution in [1.82, 2.24) is 5.32 Å². The van der Waals surface area contributed by atoms with Crippen LogP contribution in [0.2, 0.25) is 0 Å². The molecule has 1 rings (SSSR count). The first kappa shape index (κ1) is 10.3. The van der Waals surface area contributed by atoms with Crippen molar-refractivity contribution in [3.05, 3.63) is 60.5 Å². The van der Waals surface area contributed by atoms with Crippen molar-refractivity contribution in [1.29, 1.82) is 0 Å². The molecule has 1 aliphatic rings. The molecule has 72 valence electrons. The third-order valence-electron chi connectivity index (χ3n) is 1.90. The standard InChI is InChI=1S/C12H13NO/c1-4-11-6-5-7-13-12(10(3)14)8-9(11)2/h4-8,13H,1-2H2,3H3/b7-5-,11-6-,12-8-. The van der Waals surface area contributed by atoms with E-state index in [4.69, 9.17) is 0 Å². The van der Waals surface area contributed by atoms with Crippen LogP contribution in [0.5, 0.6) is 0 Å². The Morgan fingerprint density at radius 3 is 2.86 bits per heavy atom. The van der Waals surface area contributed by atoms with Crippen LogP contribution in [-0.2, 0) is 4.79 Å². The summed E-state index contributed by atoms with van der Waals surface area (Å²) < 4.78 is 0. The number of carbonyl (C=O) groups is 1. The van der Waals surface area contributed by atoms with Crippen LogP contribution >= 0.6 is 0 Å². The predicted octanol–water partition coefficient (Wildman–Crippen LogP) is 2.24. The van der Waals surface area contributed by atoms with Gasteiger partial charge in [-0.3, -0.25) is 4.79 Å². The third kappa shape index (κ3) is 2.33. The van der Waals surface area contributed by atoms with E-state index in [9.17, 15) is 4.79 Å². The number of rotatable bonds is 2. The molecule has 0 aliphatic carbocycles. The van der Waals surface area contributed by atoms with Gasteiger partial charge in [-0.15, -0.1) is 0 Å². The zero-order valence-corrected chi connectivity index (χ0v) is 8.21. The fourth-order valence-electron chi connectivity index (χ4n) is 1.10. The van der Waals surface area contributed by atoms with Crippen molar-refractivity contribution < 1.29 is 4.79 Å². The molecule has 14 heavy (non-hydrogen) atoms. The van der Waals surface area contributed by atoms with Gasteiger partial charge in [0, 0.05) is 13.1 Å². The Morgan fingerprint density at radius 2 is 2.29 bits per heavy atom. The summed E-state index contributed by atoms with van der Waals surface area (Å²) in [6.45, 7) is 9.05. The number of Topliss-reactive ketones (excluding diaryl/α,β-unsaturated/α-hetero) is 1. The van der Waals surface area contributed by atoms with Crippen molar-refractivity contribution in [3.63, 3.8) is 0 Å². The van der Waals surface area contributed by atoms with E-state index < -0.39 is 0 Å². The van der Waals surface area contributed by atoms with E-state index in [1.54, 1.807) is 18.4 Å². The van der Waals surface area contributed by atoms with Crippen LogP contribution < -0.4 is 5.32 Å². The molecule has 0 amide bonds. The van der Waals surface area contributed by atoms with Crippen molar-refractivity contribution in [2.45, 2.75) is 6.92 Å². The monoisotopic (exact) mass is 187 g/mol. The SMILES string of the molecule is C=C/C1=C/C=C\N/C(C(C)=O)=C\C1=C. The smallest absolute Gasteiger partial charge is 0.175 e. The lowest BCUT2D eigenvalue weighted by molar-refractivity contribution is -0.113. The Labute approximate surface area is 84.0 Å². The van der Waals surface area contributed by atoms with Crippen LogP contribution in [0.4, 0.5) is 0 Å². The van der Waals surface area contributed by atoms with Gasteiger partial charge in [-0.25, -0.2) is 0 Å². The number of carbonyl (C=O) groups excluding carboxylic acids is 1. The molecule has 2 heteroatoms. The first-order valence-corrected chi connectivity index (χ1v) is 4.33. The topological polar surface area (TPSA) is 29.1 Å². The summed E-state index contributed by atoms with van der Waals surface area (Å²) in [4.78, 5) is 11.2. The summed E-state index contributed by atoms with van der Waals surface area (Å²) in [7, 11) is 0. The van der Waals surface area contributed by atoms with E-state index >= 15 is 0 Å². The Bertz CT molecular complexity index is 370. The van der Waals surface area contributed by atoms with E-state index in [-0.39, 0.29) is 5.78 Å². The summed E-state index contributed by atoms with van der Waals surface area (Å²) in [6.07, 6.45) is 8.85. The maximum Gasteiger partial charge on any atom is 0.175 e. The molecule has 0 fully saturated rings. The van der Waals surface area contributed by atoms with Crippen molar-refractivity contribution in [2.75, 3.05) is 0 Å². The van der Waals surface area contributed by atoms with Gasteiger partial charge in [0.1, 0.15) is 0 Å². The number of ketones is 1. The van der Waals surface area contributed by atoms with E-state index in [0.29, 0.717) is 5.70 Å². The van der Waals surface area contributed by atoms with Crippen LogP contribution in [0.3, 0.4) is 0 Å². The second-order valence-corrected chi connectivity index (χ2v) is 2.97. The summed E-state index contributed by atoms with van der Waals surface area (Å²) in [5.74, 6) is -0.0129. The van der Waals surface area contributed by atoms with Gasteiger partial charge < -0.3 is 5.32 Å². The molecule has 1 heterocycles. The molecule has 0 aromatic carbocycles. The molecule has 1 N–H and O–H groups in total. The molecule has 1 aliphatic heterocycles. The molecule has 0 unspecified atom stereocenters. The molecule has 0 aromatic rings. The van der Waals surface area contributed by atoms with E-state index in [1.165, 1.54) is 6.92 Å². The van der Waals surface area contributed by atoms with Crippen molar-refractivity contribution in [3.8, 4) is 0 Å². The summed E-state index contributed by atoms with van der Waals surface area (Å²) in [6, 6.07) is 0.